The van der Waals surface area contributed by atoms with Gasteiger partial charge in [-0.3, -0.25) is 9.59 Å². The lowest BCUT2D eigenvalue weighted by Crippen LogP contribution is -2.59. The third-order valence-electron chi connectivity index (χ3n) is 5.29. The quantitative estimate of drug-likeness (QED) is 0.826. The number of hydrogen-bond donors (Lipinski definition) is 2. The summed E-state index contributed by atoms with van der Waals surface area (Å²) < 4.78 is 18.3. The number of ether oxygens (including phenoxy) is 1. The first kappa shape index (κ1) is 19.3. The monoisotopic (exact) mass is 378 g/mol. The number of likely N-dealkylation sites (tertiary alicyclic amines) is 1. The van der Waals surface area contributed by atoms with Crippen LogP contribution in [-0.4, -0.2) is 59.6 Å². The predicted octanol–water partition coefficient (Wildman–Crippen LogP) is 1.43. The van der Waals surface area contributed by atoms with Gasteiger partial charge in [0.15, 0.2) is 0 Å². The number of carbonyl (C=O) groups excluding carboxylic acids is 2. The highest BCUT2D eigenvalue weighted by Crippen LogP contribution is 2.24. The molecule has 1 aromatic rings. The van der Waals surface area contributed by atoms with Crippen molar-refractivity contribution in [2.75, 3.05) is 26.3 Å². The van der Waals surface area contributed by atoms with Crippen molar-refractivity contribution in [3.05, 3.63) is 35.6 Å². The van der Waals surface area contributed by atoms with E-state index in [0.717, 1.165) is 0 Å². The lowest BCUT2D eigenvalue weighted by molar-refractivity contribution is -0.153. The van der Waals surface area contributed by atoms with Crippen LogP contribution in [0.15, 0.2) is 24.3 Å². The predicted molar refractivity (Wildman–Crippen MR) is 93.6 cm³/mol. The standard InChI is InChI=1S/C19H23FN2O5/c20-15-5-3-13(4-6-15)17(24)22-9-1-2-14(12-22)16(23)21-19(18(25)26)7-10-27-11-8-19/h3-6,14H,1-2,7-12H2,(H,21,23)(H,25,26). The van der Waals surface area contributed by atoms with Crippen LogP contribution in [0.5, 0.6) is 0 Å². The summed E-state index contributed by atoms with van der Waals surface area (Å²) in [6.45, 7) is 1.30. The number of benzene rings is 1. The number of carboxylic acids is 1. The van der Waals surface area contributed by atoms with Crippen LogP contribution in [0.25, 0.3) is 0 Å². The van der Waals surface area contributed by atoms with Crippen LogP contribution in [0.3, 0.4) is 0 Å². The van der Waals surface area contributed by atoms with Gasteiger partial charge in [0.1, 0.15) is 11.4 Å². The Balaban J connectivity index is 1.66. The van der Waals surface area contributed by atoms with Gasteiger partial charge in [0.05, 0.1) is 5.92 Å². The largest absolute Gasteiger partial charge is 0.480 e. The summed E-state index contributed by atoms with van der Waals surface area (Å²) in [5.74, 6) is -2.56. The Hall–Kier alpha value is -2.48. The van der Waals surface area contributed by atoms with Crippen molar-refractivity contribution in [2.45, 2.75) is 31.2 Å². The summed E-state index contributed by atoms with van der Waals surface area (Å²) >= 11 is 0. The van der Waals surface area contributed by atoms with Crippen LogP contribution in [-0.2, 0) is 14.3 Å². The van der Waals surface area contributed by atoms with Gasteiger partial charge in [-0.05, 0) is 37.1 Å². The SMILES string of the molecule is O=C(NC1(C(=O)O)CCOCC1)C1CCCN(C(=O)c2ccc(F)cc2)C1. The minimum absolute atomic E-state index is 0.217. The molecule has 0 radical (unpaired) electrons. The van der Waals surface area contributed by atoms with E-state index in [4.69, 9.17) is 4.74 Å². The molecule has 2 aliphatic rings. The van der Waals surface area contributed by atoms with E-state index in [2.05, 4.69) is 5.32 Å². The fraction of sp³-hybridized carbons (Fsp3) is 0.526. The molecule has 2 aliphatic heterocycles. The molecule has 0 bridgehead atoms. The average molecular weight is 378 g/mol. The van der Waals surface area contributed by atoms with Crippen molar-refractivity contribution in [3.63, 3.8) is 0 Å². The lowest BCUT2D eigenvalue weighted by atomic mass is 9.88. The van der Waals surface area contributed by atoms with Gasteiger partial charge < -0.3 is 20.1 Å². The molecular weight excluding hydrogens is 355 g/mol. The molecule has 2 N–H and O–H groups in total. The summed E-state index contributed by atoms with van der Waals surface area (Å²) in [4.78, 5) is 38.6. The maximum absolute atomic E-state index is 13.0. The highest BCUT2D eigenvalue weighted by molar-refractivity contribution is 5.95. The number of nitrogens with zero attached hydrogens (tertiary/aromatic N) is 1. The molecule has 0 aliphatic carbocycles. The third kappa shape index (κ3) is 4.27. The maximum Gasteiger partial charge on any atom is 0.329 e. The zero-order valence-electron chi connectivity index (χ0n) is 14.9. The van der Waals surface area contributed by atoms with Crippen molar-refractivity contribution in [1.29, 1.82) is 0 Å². The fourth-order valence-electron chi connectivity index (χ4n) is 3.60. The fourth-order valence-corrected chi connectivity index (χ4v) is 3.60. The molecule has 2 fully saturated rings. The summed E-state index contributed by atoms with van der Waals surface area (Å²) in [5, 5.41) is 12.3. The second kappa shape index (κ2) is 8.04. The first-order chi connectivity index (χ1) is 12.9. The summed E-state index contributed by atoms with van der Waals surface area (Å²) in [7, 11) is 0. The number of piperidine rings is 1. The first-order valence-electron chi connectivity index (χ1n) is 9.09. The van der Waals surface area contributed by atoms with Crippen LogP contribution in [0.4, 0.5) is 4.39 Å². The van der Waals surface area contributed by atoms with E-state index in [1.807, 2.05) is 0 Å². The molecule has 27 heavy (non-hydrogen) atoms. The number of aliphatic carboxylic acids is 1. The molecule has 7 nitrogen and oxygen atoms in total. The molecular formula is C19H23FN2O5. The molecule has 1 unspecified atom stereocenters. The minimum atomic E-state index is -1.31. The highest BCUT2D eigenvalue weighted by Gasteiger charge is 2.43. The minimum Gasteiger partial charge on any atom is -0.480 e. The number of nitrogens with one attached hydrogen (secondary N) is 1. The molecule has 146 valence electrons. The Bertz CT molecular complexity index is 715. The molecule has 0 aromatic heterocycles. The molecule has 8 heteroatoms. The van der Waals surface area contributed by atoms with E-state index in [-0.39, 0.29) is 44.4 Å². The molecule has 0 saturated carbocycles. The van der Waals surface area contributed by atoms with Gasteiger partial charge in [0.25, 0.3) is 5.91 Å². The van der Waals surface area contributed by atoms with Crippen LogP contribution in [0, 0.1) is 11.7 Å². The van der Waals surface area contributed by atoms with Crippen molar-refractivity contribution in [3.8, 4) is 0 Å². The number of carbonyl (C=O) groups is 3. The van der Waals surface area contributed by atoms with Crippen molar-refractivity contribution < 1.29 is 28.6 Å². The number of amides is 2. The lowest BCUT2D eigenvalue weighted by Gasteiger charge is -2.37. The van der Waals surface area contributed by atoms with E-state index in [1.165, 1.54) is 24.3 Å². The number of hydrogen-bond acceptors (Lipinski definition) is 4. The molecule has 2 amide bonds. The maximum atomic E-state index is 13.0. The van der Waals surface area contributed by atoms with Gasteiger partial charge >= 0.3 is 5.97 Å². The molecule has 2 heterocycles. The normalized spacial score (nSPS) is 22.1. The second-order valence-electron chi connectivity index (χ2n) is 7.09. The van der Waals surface area contributed by atoms with Crippen LogP contribution in [0.1, 0.15) is 36.0 Å². The van der Waals surface area contributed by atoms with Gasteiger partial charge in [0.2, 0.25) is 5.91 Å². The Morgan fingerprint density at radius 1 is 1.19 bits per heavy atom. The Morgan fingerprint density at radius 3 is 2.48 bits per heavy atom. The van der Waals surface area contributed by atoms with Crippen molar-refractivity contribution >= 4 is 17.8 Å². The smallest absolute Gasteiger partial charge is 0.329 e. The van der Waals surface area contributed by atoms with E-state index in [9.17, 15) is 23.9 Å². The summed E-state index contributed by atoms with van der Waals surface area (Å²) in [6, 6.07) is 5.29. The Morgan fingerprint density at radius 2 is 1.85 bits per heavy atom. The molecule has 1 atom stereocenters. The van der Waals surface area contributed by atoms with Crippen LogP contribution >= 0.6 is 0 Å². The number of halogens is 1. The highest BCUT2D eigenvalue weighted by atomic mass is 19.1. The van der Waals surface area contributed by atoms with E-state index >= 15 is 0 Å². The number of rotatable bonds is 4. The van der Waals surface area contributed by atoms with Gasteiger partial charge in [0, 0.05) is 44.7 Å². The molecule has 2 saturated heterocycles. The van der Waals surface area contributed by atoms with Gasteiger partial charge in [-0.1, -0.05) is 0 Å². The third-order valence-corrected chi connectivity index (χ3v) is 5.29. The van der Waals surface area contributed by atoms with E-state index < -0.39 is 23.2 Å². The average Bonchev–Trinajstić information content (AvgIpc) is 2.68. The van der Waals surface area contributed by atoms with E-state index in [0.29, 0.717) is 24.9 Å². The molecule has 0 spiro atoms. The number of carboxylic acid groups (broad SMARTS) is 1. The zero-order chi connectivity index (χ0) is 19.4. The van der Waals surface area contributed by atoms with Gasteiger partial charge in [-0.25, -0.2) is 9.18 Å². The molecule has 3 rings (SSSR count). The van der Waals surface area contributed by atoms with Crippen LogP contribution < -0.4 is 5.32 Å². The second-order valence-corrected chi connectivity index (χ2v) is 7.09. The van der Waals surface area contributed by atoms with Gasteiger partial charge in [-0.2, -0.15) is 0 Å². The van der Waals surface area contributed by atoms with Gasteiger partial charge in [-0.15, -0.1) is 0 Å². The molecule has 1 aromatic carbocycles. The zero-order valence-corrected chi connectivity index (χ0v) is 14.9. The first-order valence-corrected chi connectivity index (χ1v) is 9.09. The summed E-state index contributed by atoms with van der Waals surface area (Å²) in [5.41, 5.74) is -0.942. The summed E-state index contributed by atoms with van der Waals surface area (Å²) in [6.07, 6.45) is 1.68. The Labute approximate surface area is 156 Å². The van der Waals surface area contributed by atoms with Crippen LogP contribution in [0.2, 0.25) is 0 Å². The van der Waals surface area contributed by atoms with E-state index in [1.54, 1.807) is 4.90 Å². The Kier molecular flexibility index (Phi) is 5.74. The van der Waals surface area contributed by atoms with Crippen molar-refractivity contribution in [2.24, 2.45) is 5.92 Å². The van der Waals surface area contributed by atoms with Crippen molar-refractivity contribution in [1.82, 2.24) is 10.2 Å². The topological polar surface area (TPSA) is 95.9 Å².